The quantitative estimate of drug-likeness (QED) is 0.920. The van der Waals surface area contributed by atoms with Crippen LogP contribution in [0.15, 0.2) is 18.2 Å². The van der Waals surface area contributed by atoms with E-state index in [2.05, 4.69) is 10.3 Å². The molecule has 4 nitrogen and oxygen atoms in total. The number of nitrogens with one attached hydrogen (secondary N) is 1. The smallest absolute Gasteiger partial charge is 0.231 e. The summed E-state index contributed by atoms with van der Waals surface area (Å²) in [5.41, 5.74) is 0.117. The molecule has 2 rings (SSSR count). The van der Waals surface area contributed by atoms with Gasteiger partial charge in [0.2, 0.25) is 5.88 Å². The fraction of sp³-hybridized carbons (Fsp3) is 0.308. The molecule has 0 fully saturated rings. The molecule has 0 amide bonds. The summed E-state index contributed by atoms with van der Waals surface area (Å²) < 4.78 is 31.8. The molecule has 0 atom stereocenters. The van der Waals surface area contributed by atoms with E-state index in [9.17, 15) is 8.78 Å². The molecule has 0 aliphatic rings. The first-order chi connectivity index (χ1) is 9.51. The highest BCUT2D eigenvalue weighted by Gasteiger charge is 2.13. The van der Waals surface area contributed by atoms with E-state index in [1.54, 1.807) is 0 Å². The fourth-order valence-electron chi connectivity index (χ4n) is 1.60. The first kappa shape index (κ1) is 14.5. The van der Waals surface area contributed by atoms with Crippen molar-refractivity contribution >= 4 is 22.2 Å². The van der Waals surface area contributed by atoms with Gasteiger partial charge < -0.3 is 15.0 Å². The fourth-order valence-corrected chi connectivity index (χ4v) is 2.49. The summed E-state index contributed by atoms with van der Waals surface area (Å²) >= 11 is 1.43. The van der Waals surface area contributed by atoms with Crippen molar-refractivity contribution in [2.45, 2.75) is 6.54 Å². The van der Waals surface area contributed by atoms with Crippen molar-refractivity contribution in [3.05, 3.63) is 34.7 Å². The van der Waals surface area contributed by atoms with Crippen LogP contribution in [-0.4, -0.2) is 26.2 Å². The Labute approximate surface area is 120 Å². The molecule has 0 aliphatic heterocycles. The summed E-state index contributed by atoms with van der Waals surface area (Å²) in [6.45, 7) is 0.315. The molecule has 108 valence electrons. The van der Waals surface area contributed by atoms with Crippen LogP contribution in [0.25, 0.3) is 0 Å². The van der Waals surface area contributed by atoms with Crippen LogP contribution in [0, 0.1) is 11.6 Å². The zero-order chi connectivity index (χ0) is 14.7. The summed E-state index contributed by atoms with van der Waals surface area (Å²) in [6, 6.07) is 3.29. The van der Waals surface area contributed by atoms with E-state index < -0.39 is 11.6 Å². The van der Waals surface area contributed by atoms with Gasteiger partial charge in [0, 0.05) is 14.1 Å². The van der Waals surface area contributed by atoms with Gasteiger partial charge in [-0.05, 0) is 18.2 Å². The molecule has 1 aromatic carbocycles. The zero-order valence-electron chi connectivity index (χ0n) is 11.4. The van der Waals surface area contributed by atoms with E-state index in [1.807, 2.05) is 19.0 Å². The van der Waals surface area contributed by atoms with Gasteiger partial charge in [-0.3, -0.25) is 0 Å². The molecule has 0 radical (unpaired) electrons. The molecular formula is C13H15F2N3OS. The Kier molecular flexibility index (Phi) is 4.39. The number of hydrogen-bond acceptors (Lipinski definition) is 5. The van der Waals surface area contributed by atoms with E-state index >= 15 is 0 Å². The highest BCUT2D eigenvalue weighted by Crippen LogP contribution is 2.31. The van der Waals surface area contributed by atoms with E-state index in [0.29, 0.717) is 12.4 Å². The van der Waals surface area contributed by atoms with Gasteiger partial charge in [0.15, 0.2) is 5.13 Å². The van der Waals surface area contributed by atoms with Crippen molar-refractivity contribution in [1.82, 2.24) is 4.98 Å². The van der Waals surface area contributed by atoms with Crippen molar-refractivity contribution in [1.29, 1.82) is 0 Å². The Balaban J connectivity index is 2.16. The predicted molar refractivity (Wildman–Crippen MR) is 76.7 cm³/mol. The van der Waals surface area contributed by atoms with E-state index in [1.165, 1.54) is 18.4 Å². The molecule has 20 heavy (non-hydrogen) atoms. The van der Waals surface area contributed by atoms with Crippen LogP contribution in [0.3, 0.4) is 0 Å². The van der Waals surface area contributed by atoms with Gasteiger partial charge in [-0.1, -0.05) is 11.3 Å². The Morgan fingerprint density at radius 3 is 2.75 bits per heavy atom. The average molecular weight is 299 g/mol. The van der Waals surface area contributed by atoms with Crippen LogP contribution in [0.5, 0.6) is 5.88 Å². The minimum atomic E-state index is -0.497. The van der Waals surface area contributed by atoms with Gasteiger partial charge in [-0.2, -0.15) is 4.98 Å². The van der Waals surface area contributed by atoms with E-state index in [-0.39, 0.29) is 5.69 Å². The van der Waals surface area contributed by atoms with Crippen LogP contribution in [0.4, 0.5) is 19.6 Å². The van der Waals surface area contributed by atoms with Gasteiger partial charge >= 0.3 is 0 Å². The molecule has 2 aromatic rings. The maximum absolute atomic E-state index is 13.5. The molecule has 0 bridgehead atoms. The maximum Gasteiger partial charge on any atom is 0.231 e. The van der Waals surface area contributed by atoms with Crippen molar-refractivity contribution < 1.29 is 13.5 Å². The molecule has 7 heteroatoms. The lowest BCUT2D eigenvalue weighted by molar-refractivity contribution is 0.397. The number of thiazole rings is 1. The molecule has 0 aliphatic carbocycles. The largest absolute Gasteiger partial charge is 0.480 e. The number of nitrogens with zero attached hydrogens (tertiary/aromatic N) is 2. The van der Waals surface area contributed by atoms with Crippen LogP contribution >= 0.6 is 11.3 Å². The van der Waals surface area contributed by atoms with Crippen LogP contribution in [0.2, 0.25) is 0 Å². The van der Waals surface area contributed by atoms with Crippen LogP contribution in [-0.2, 0) is 6.54 Å². The molecule has 0 unspecified atom stereocenters. The highest BCUT2D eigenvalue weighted by atomic mass is 32.1. The first-order valence-corrected chi connectivity index (χ1v) is 6.73. The first-order valence-electron chi connectivity index (χ1n) is 5.91. The van der Waals surface area contributed by atoms with Gasteiger partial charge in [-0.25, -0.2) is 8.78 Å². The predicted octanol–water partition coefficient (Wildman–Crippen LogP) is 3.11. The number of halogens is 2. The number of anilines is 2. The monoisotopic (exact) mass is 299 g/mol. The third-order valence-corrected chi connectivity index (χ3v) is 3.80. The Hall–Kier alpha value is -1.89. The Bertz CT molecular complexity index is 601. The summed E-state index contributed by atoms with van der Waals surface area (Å²) in [5.74, 6) is -0.495. The standard InChI is InChI=1S/C13H15F2N3OS/c1-18(2)13-17-12(19-3)11(20-13)7-16-10-6-8(14)4-5-9(10)15/h4-6,16H,7H2,1-3H3. The summed E-state index contributed by atoms with van der Waals surface area (Å²) in [5, 5.41) is 3.64. The van der Waals surface area contributed by atoms with Crippen molar-refractivity contribution in [3.63, 3.8) is 0 Å². The molecule has 1 aromatic heterocycles. The number of aromatic nitrogens is 1. The number of rotatable bonds is 5. The number of benzene rings is 1. The number of ether oxygens (including phenoxy) is 1. The number of hydrogen-bond donors (Lipinski definition) is 1. The van der Waals surface area contributed by atoms with Crippen molar-refractivity contribution in [3.8, 4) is 5.88 Å². The van der Waals surface area contributed by atoms with Gasteiger partial charge in [0.25, 0.3) is 0 Å². The van der Waals surface area contributed by atoms with Gasteiger partial charge in [0.05, 0.1) is 24.2 Å². The van der Waals surface area contributed by atoms with E-state index in [0.717, 1.165) is 28.2 Å². The third-order valence-electron chi connectivity index (χ3n) is 2.59. The van der Waals surface area contributed by atoms with Crippen molar-refractivity contribution in [2.75, 3.05) is 31.4 Å². The summed E-state index contributed by atoms with van der Waals surface area (Å²) in [7, 11) is 5.28. The zero-order valence-corrected chi connectivity index (χ0v) is 12.2. The molecule has 1 N–H and O–H groups in total. The van der Waals surface area contributed by atoms with E-state index in [4.69, 9.17) is 4.74 Å². The van der Waals surface area contributed by atoms with Crippen LogP contribution in [0.1, 0.15) is 4.88 Å². The molecular weight excluding hydrogens is 284 g/mol. The minimum Gasteiger partial charge on any atom is -0.480 e. The lowest BCUT2D eigenvalue weighted by Gasteiger charge is -2.07. The highest BCUT2D eigenvalue weighted by molar-refractivity contribution is 7.15. The second-order valence-corrected chi connectivity index (χ2v) is 5.36. The second kappa shape index (κ2) is 6.04. The SMILES string of the molecule is COc1nc(N(C)C)sc1CNc1cc(F)ccc1F. The number of methoxy groups -OCH3 is 1. The van der Waals surface area contributed by atoms with Crippen molar-refractivity contribution in [2.24, 2.45) is 0 Å². The molecule has 0 spiro atoms. The molecule has 0 saturated heterocycles. The lowest BCUT2D eigenvalue weighted by atomic mass is 10.3. The third kappa shape index (κ3) is 3.16. The Morgan fingerprint density at radius 2 is 2.10 bits per heavy atom. The minimum absolute atomic E-state index is 0.117. The maximum atomic E-state index is 13.5. The molecule has 1 heterocycles. The second-order valence-electron chi connectivity index (χ2n) is 4.30. The van der Waals surface area contributed by atoms with Gasteiger partial charge in [-0.15, -0.1) is 0 Å². The summed E-state index contributed by atoms with van der Waals surface area (Å²) in [6.07, 6.45) is 0. The van der Waals surface area contributed by atoms with Crippen LogP contribution < -0.4 is 15.0 Å². The Morgan fingerprint density at radius 1 is 1.35 bits per heavy atom. The average Bonchev–Trinajstić information content (AvgIpc) is 2.83. The molecule has 0 saturated carbocycles. The normalized spacial score (nSPS) is 10.4. The lowest BCUT2D eigenvalue weighted by Crippen LogP contribution is -2.07. The topological polar surface area (TPSA) is 37.4 Å². The van der Waals surface area contributed by atoms with Gasteiger partial charge in [0.1, 0.15) is 11.6 Å². The summed E-state index contributed by atoms with van der Waals surface area (Å²) in [4.78, 5) is 6.97.